The van der Waals surface area contributed by atoms with Crippen molar-refractivity contribution in [3.05, 3.63) is 47.5 Å². The van der Waals surface area contributed by atoms with Crippen LogP contribution in [0.15, 0.2) is 46.9 Å². The topological polar surface area (TPSA) is 85.4 Å². The van der Waals surface area contributed by atoms with E-state index in [1.54, 1.807) is 12.2 Å². The average molecular weight is 325 g/mol. The van der Waals surface area contributed by atoms with Gasteiger partial charge in [-0.3, -0.25) is 0 Å². The summed E-state index contributed by atoms with van der Waals surface area (Å²) >= 11 is 0. The number of nitrogens with zero attached hydrogens (tertiary/aromatic N) is 3. The molecule has 6 nitrogen and oxygen atoms in total. The summed E-state index contributed by atoms with van der Waals surface area (Å²) in [5, 5.41) is 2.38. The molecule has 0 saturated carbocycles. The van der Waals surface area contributed by atoms with E-state index < -0.39 is 11.7 Å². The number of hydrogen-bond donors (Lipinski definition) is 2. The molecule has 0 bridgehead atoms. The van der Waals surface area contributed by atoms with Gasteiger partial charge in [0.15, 0.2) is 0 Å². The lowest BCUT2D eigenvalue weighted by molar-refractivity contribution is -0.137. The molecular formula is C14H14F3N5O. The second kappa shape index (κ2) is 6.11. The number of rotatable bonds is 3. The Labute approximate surface area is 130 Å². The number of anilines is 1. The molecular weight excluding hydrogens is 311 g/mol. The monoisotopic (exact) mass is 325 g/mol. The van der Waals surface area contributed by atoms with Crippen LogP contribution in [0.1, 0.15) is 5.56 Å². The number of nitrogens with one attached hydrogen (secondary N) is 1. The maximum atomic E-state index is 12.8. The zero-order valence-electron chi connectivity index (χ0n) is 12.4. The Morgan fingerprint density at radius 3 is 2.61 bits per heavy atom. The SMILES string of the molecule is C=C1C(=Nc2ncc(C(F)(F)F)c(NC)n2)C=CC(OC)=C1N. The van der Waals surface area contributed by atoms with Crippen LogP contribution in [0, 0.1) is 0 Å². The number of nitrogens with two attached hydrogens (primary N) is 1. The summed E-state index contributed by atoms with van der Waals surface area (Å²) in [6.07, 6.45) is -0.740. The van der Waals surface area contributed by atoms with Crippen LogP contribution in [0.4, 0.5) is 24.9 Å². The molecule has 2 rings (SSSR count). The molecule has 0 aliphatic heterocycles. The van der Waals surface area contributed by atoms with Gasteiger partial charge in [-0.2, -0.15) is 18.2 Å². The van der Waals surface area contributed by atoms with Gasteiger partial charge in [-0.15, -0.1) is 0 Å². The molecule has 0 fully saturated rings. The highest BCUT2D eigenvalue weighted by molar-refractivity contribution is 6.13. The molecule has 1 aromatic rings. The number of aromatic nitrogens is 2. The van der Waals surface area contributed by atoms with Crippen molar-refractivity contribution in [3.8, 4) is 0 Å². The van der Waals surface area contributed by atoms with Gasteiger partial charge in [-0.25, -0.2) is 9.98 Å². The van der Waals surface area contributed by atoms with Gasteiger partial charge in [0.2, 0.25) is 0 Å². The third kappa shape index (κ3) is 3.33. The summed E-state index contributed by atoms with van der Waals surface area (Å²) in [4.78, 5) is 11.5. The fourth-order valence-corrected chi connectivity index (χ4v) is 1.85. The summed E-state index contributed by atoms with van der Waals surface area (Å²) in [7, 11) is 2.79. The van der Waals surface area contributed by atoms with E-state index in [4.69, 9.17) is 10.5 Å². The van der Waals surface area contributed by atoms with Gasteiger partial charge >= 0.3 is 6.18 Å². The van der Waals surface area contributed by atoms with E-state index in [9.17, 15) is 13.2 Å². The van der Waals surface area contributed by atoms with E-state index in [-0.39, 0.29) is 17.5 Å². The summed E-state index contributed by atoms with van der Waals surface area (Å²) in [5.74, 6) is -0.0756. The molecule has 1 aliphatic carbocycles. The second-order valence-corrected chi connectivity index (χ2v) is 4.47. The van der Waals surface area contributed by atoms with Crippen molar-refractivity contribution in [1.29, 1.82) is 0 Å². The Bertz CT molecular complexity index is 734. The van der Waals surface area contributed by atoms with E-state index in [0.29, 0.717) is 23.2 Å². The first-order chi connectivity index (χ1) is 10.8. The summed E-state index contributed by atoms with van der Waals surface area (Å²) < 4.78 is 43.5. The molecule has 0 amide bonds. The first kappa shape index (κ1) is 16.5. The van der Waals surface area contributed by atoms with E-state index in [1.165, 1.54) is 14.2 Å². The van der Waals surface area contributed by atoms with Crippen molar-refractivity contribution in [1.82, 2.24) is 9.97 Å². The van der Waals surface area contributed by atoms with E-state index in [1.807, 2.05) is 0 Å². The Morgan fingerprint density at radius 2 is 2.04 bits per heavy atom. The van der Waals surface area contributed by atoms with Gasteiger partial charge < -0.3 is 15.8 Å². The number of aliphatic imine (C=N–C) groups is 1. The van der Waals surface area contributed by atoms with Crippen molar-refractivity contribution in [2.45, 2.75) is 6.18 Å². The average Bonchev–Trinajstić information content (AvgIpc) is 2.51. The van der Waals surface area contributed by atoms with E-state index in [0.717, 1.165) is 0 Å². The molecule has 23 heavy (non-hydrogen) atoms. The highest BCUT2D eigenvalue weighted by Crippen LogP contribution is 2.34. The third-order valence-electron chi connectivity index (χ3n) is 3.05. The van der Waals surface area contributed by atoms with Crippen molar-refractivity contribution >= 4 is 17.5 Å². The van der Waals surface area contributed by atoms with Gasteiger partial charge in [0.1, 0.15) is 17.1 Å². The molecule has 1 aliphatic rings. The van der Waals surface area contributed by atoms with Gasteiger partial charge in [0.25, 0.3) is 5.95 Å². The quantitative estimate of drug-likeness (QED) is 0.892. The van der Waals surface area contributed by atoms with Crippen LogP contribution < -0.4 is 11.1 Å². The number of ether oxygens (including phenoxy) is 1. The number of halogens is 3. The van der Waals surface area contributed by atoms with Gasteiger partial charge in [0, 0.05) is 18.8 Å². The smallest absolute Gasteiger partial charge is 0.421 e. The zero-order chi connectivity index (χ0) is 17.2. The predicted molar refractivity (Wildman–Crippen MR) is 80.2 cm³/mol. The van der Waals surface area contributed by atoms with Crippen molar-refractivity contribution in [2.24, 2.45) is 10.7 Å². The second-order valence-electron chi connectivity index (χ2n) is 4.47. The number of alkyl halides is 3. The molecule has 9 heteroatoms. The summed E-state index contributed by atoms with van der Waals surface area (Å²) in [5.41, 5.74) is 5.86. The van der Waals surface area contributed by atoms with Gasteiger partial charge in [0.05, 0.1) is 18.5 Å². The Morgan fingerprint density at radius 1 is 1.35 bits per heavy atom. The fraction of sp³-hybridized carbons (Fsp3) is 0.214. The van der Waals surface area contributed by atoms with E-state index in [2.05, 4.69) is 26.9 Å². The molecule has 0 atom stereocenters. The molecule has 0 unspecified atom stereocenters. The largest absolute Gasteiger partial charge is 0.495 e. The molecule has 0 saturated heterocycles. The summed E-state index contributed by atoms with van der Waals surface area (Å²) in [6.45, 7) is 3.77. The minimum atomic E-state index is -4.56. The molecule has 0 spiro atoms. The zero-order valence-corrected chi connectivity index (χ0v) is 12.4. The van der Waals surface area contributed by atoms with Gasteiger partial charge in [-0.1, -0.05) is 6.58 Å². The van der Waals surface area contributed by atoms with Crippen molar-refractivity contribution in [2.75, 3.05) is 19.5 Å². The molecule has 3 N–H and O–H groups in total. The number of allylic oxidation sites excluding steroid dienone is 3. The molecule has 1 heterocycles. The normalized spacial score (nSPS) is 16.9. The molecule has 1 aromatic heterocycles. The highest BCUT2D eigenvalue weighted by atomic mass is 19.4. The molecule has 122 valence electrons. The number of methoxy groups -OCH3 is 1. The third-order valence-corrected chi connectivity index (χ3v) is 3.05. The van der Waals surface area contributed by atoms with E-state index >= 15 is 0 Å². The number of hydrogen-bond acceptors (Lipinski definition) is 6. The standard InChI is InChI=1S/C14H14F3N5O/c1-7-9(4-5-10(23-3)11(7)18)21-13-20-6-8(14(15,16)17)12(19-2)22-13/h4-6H,1,18H2,2-3H3,(H,19,20,22). The van der Waals surface area contributed by atoms with Crippen LogP contribution in [0.25, 0.3) is 0 Å². The molecule has 0 aromatic carbocycles. The predicted octanol–water partition coefficient (Wildman–Crippen LogP) is 2.55. The van der Waals surface area contributed by atoms with Crippen LogP contribution >= 0.6 is 0 Å². The van der Waals surface area contributed by atoms with Gasteiger partial charge in [-0.05, 0) is 12.2 Å². The lowest BCUT2D eigenvalue weighted by atomic mass is 10.0. The summed E-state index contributed by atoms with van der Waals surface area (Å²) in [6, 6.07) is 0. The van der Waals surface area contributed by atoms with Crippen molar-refractivity contribution < 1.29 is 17.9 Å². The Kier molecular flexibility index (Phi) is 4.39. The Hall–Kier alpha value is -2.84. The highest BCUT2D eigenvalue weighted by Gasteiger charge is 2.35. The lowest BCUT2D eigenvalue weighted by Crippen LogP contribution is -2.15. The maximum absolute atomic E-state index is 12.8. The Balaban J connectivity index is 2.40. The van der Waals surface area contributed by atoms with Crippen molar-refractivity contribution in [3.63, 3.8) is 0 Å². The first-order valence-corrected chi connectivity index (χ1v) is 6.40. The van der Waals surface area contributed by atoms with Crippen LogP contribution in [-0.4, -0.2) is 29.8 Å². The fourth-order valence-electron chi connectivity index (χ4n) is 1.85. The van der Waals surface area contributed by atoms with Crippen LogP contribution in [0.5, 0.6) is 0 Å². The minimum Gasteiger partial charge on any atom is -0.495 e. The minimum absolute atomic E-state index is 0.142. The van der Waals surface area contributed by atoms with Crippen LogP contribution in [-0.2, 0) is 10.9 Å². The van der Waals surface area contributed by atoms with Crippen LogP contribution in [0.2, 0.25) is 0 Å². The maximum Gasteiger partial charge on any atom is 0.421 e. The lowest BCUT2D eigenvalue weighted by Gasteiger charge is -2.15. The van der Waals surface area contributed by atoms with Crippen LogP contribution in [0.3, 0.4) is 0 Å². The first-order valence-electron chi connectivity index (χ1n) is 6.40. The molecule has 0 radical (unpaired) electrons.